The first-order valence-corrected chi connectivity index (χ1v) is 6.86. The lowest BCUT2D eigenvalue weighted by Crippen LogP contribution is -2.05. The molecule has 0 bridgehead atoms. The lowest BCUT2D eigenvalue weighted by molar-refractivity contribution is 0.0594. The van der Waals surface area contributed by atoms with Crippen molar-refractivity contribution in [2.75, 3.05) is 14.2 Å². The summed E-state index contributed by atoms with van der Waals surface area (Å²) < 4.78 is 11.8. The fourth-order valence-corrected chi connectivity index (χ4v) is 3.20. The van der Waals surface area contributed by atoms with E-state index in [0.29, 0.717) is 11.3 Å². The van der Waals surface area contributed by atoms with Gasteiger partial charge >= 0.3 is 5.97 Å². The summed E-state index contributed by atoms with van der Waals surface area (Å²) in [6.45, 7) is 0. The minimum atomic E-state index is -0.486. The highest BCUT2D eigenvalue weighted by Crippen LogP contribution is 2.32. The van der Waals surface area contributed by atoms with Crippen LogP contribution in [0.15, 0.2) is 22.7 Å². The fraction of sp³-hybridized carbons (Fsp3) is 0.167. The zero-order valence-corrected chi connectivity index (χ0v) is 13.4. The second-order valence-electron chi connectivity index (χ2n) is 3.49. The predicted octanol–water partition coefficient (Wildman–Crippen LogP) is 3.40. The van der Waals surface area contributed by atoms with Crippen LogP contribution in [0, 0.1) is 3.57 Å². The summed E-state index contributed by atoms with van der Waals surface area (Å²) >= 11 is 5.65. The van der Waals surface area contributed by atoms with Gasteiger partial charge in [0, 0.05) is 19.5 Å². The Balaban J connectivity index is 2.79. The Bertz CT molecular complexity index is 630. The molecule has 0 unspecified atom stereocenters. The number of hydrogen-bond acceptors (Lipinski definition) is 4. The van der Waals surface area contributed by atoms with Crippen LogP contribution in [0.2, 0.25) is 0 Å². The first kappa shape index (κ1) is 13.5. The number of ether oxygens (including phenoxy) is 2. The van der Waals surface area contributed by atoms with Crippen LogP contribution >= 0.6 is 38.5 Å². The minimum Gasteiger partial charge on any atom is -0.496 e. The van der Waals surface area contributed by atoms with Gasteiger partial charge in [-0.25, -0.2) is 9.78 Å². The average molecular weight is 422 g/mol. The van der Waals surface area contributed by atoms with Gasteiger partial charge in [-0.2, -0.15) is 0 Å². The molecule has 0 aliphatic rings. The maximum Gasteiger partial charge on any atom is 0.356 e. The van der Waals surface area contributed by atoms with E-state index in [-0.39, 0.29) is 5.69 Å². The summed E-state index contributed by atoms with van der Waals surface area (Å²) in [5.41, 5.74) is 0.902. The Labute approximate surface area is 126 Å². The molecule has 6 heteroatoms. The molecular formula is C12H9BrINO3. The SMILES string of the molecule is COC(=O)c1cc(OC)c2cc(I)cc(Br)c2n1. The molecule has 0 radical (unpaired) electrons. The highest BCUT2D eigenvalue weighted by molar-refractivity contribution is 14.1. The molecule has 0 aliphatic carbocycles. The van der Waals surface area contributed by atoms with Gasteiger partial charge in [0.05, 0.1) is 19.7 Å². The molecular weight excluding hydrogens is 413 g/mol. The Morgan fingerprint density at radius 1 is 1.33 bits per heavy atom. The number of hydrogen-bond donors (Lipinski definition) is 0. The van der Waals surface area contributed by atoms with Crippen LogP contribution in [0.5, 0.6) is 5.75 Å². The summed E-state index contributed by atoms with van der Waals surface area (Å²) in [5.74, 6) is 0.111. The Morgan fingerprint density at radius 3 is 2.67 bits per heavy atom. The van der Waals surface area contributed by atoms with Crippen LogP contribution in [0.1, 0.15) is 10.5 Å². The number of fused-ring (bicyclic) bond motifs is 1. The van der Waals surface area contributed by atoms with Crippen molar-refractivity contribution in [3.8, 4) is 5.75 Å². The number of methoxy groups -OCH3 is 2. The molecule has 0 spiro atoms. The van der Waals surface area contributed by atoms with E-state index in [0.717, 1.165) is 13.4 Å². The smallest absolute Gasteiger partial charge is 0.356 e. The summed E-state index contributed by atoms with van der Waals surface area (Å²) in [4.78, 5) is 15.8. The summed E-state index contributed by atoms with van der Waals surface area (Å²) in [7, 11) is 2.88. The van der Waals surface area contributed by atoms with Crippen molar-refractivity contribution < 1.29 is 14.3 Å². The number of benzene rings is 1. The van der Waals surface area contributed by atoms with Gasteiger partial charge in [-0.15, -0.1) is 0 Å². The van der Waals surface area contributed by atoms with E-state index in [9.17, 15) is 4.79 Å². The van der Waals surface area contributed by atoms with Crippen molar-refractivity contribution in [2.45, 2.75) is 0 Å². The van der Waals surface area contributed by atoms with Crippen molar-refractivity contribution in [3.05, 3.63) is 31.9 Å². The Morgan fingerprint density at radius 2 is 2.06 bits per heavy atom. The lowest BCUT2D eigenvalue weighted by Gasteiger charge is -2.09. The third-order valence-electron chi connectivity index (χ3n) is 2.41. The number of carbonyl (C=O) groups excluding carboxylic acids is 1. The molecule has 0 amide bonds. The zero-order chi connectivity index (χ0) is 13.3. The predicted molar refractivity (Wildman–Crippen MR) is 80.1 cm³/mol. The Kier molecular flexibility index (Phi) is 4.06. The number of rotatable bonds is 2. The standard InChI is InChI=1S/C12H9BrINO3/c1-17-10-5-9(12(16)18-2)15-11-7(10)3-6(14)4-8(11)13/h3-5H,1-2H3. The van der Waals surface area contributed by atoms with E-state index in [1.807, 2.05) is 12.1 Å². The van der Waals surface area contributed by atoms with Gasteiger partial charge in [0.25, 0.3) is 0 Å². The van der Waals surface area contributed by atoms with Crippen molar-refractivity contribution in [2.24, 2.45) is 0 Å². The van der Waals surface area contributed by atoms with Crippen LogP contribution in [0.4, 0.5) is 0 Å². The largest absolute Gasteiger partial charge is 0.496 e. The highest BCUT2D eigenvalue weighted by atomic mass is 127. The number of aromatic nitrogens is 1. The maximum absolute atomic E-state index is 11.5. The average Bonchev–Trinajstić information content (AvgIpc) is 2.36. The van der Waals surface area contributed by atoms with Gasteiger partial charge in [-0.1, -0.05) is 0 Å². The molecule has 1 heterocycles. The van der Waals surface area contributed by atoms with Crippen molar-refractivity contribution >= 4 is 55.4 Å². The summed E-state index contributed by atoms with van der Waals surface area (Å²) in [6, 6.07) is 5.46. The number of carbonyl (C=O) groups is 1. The lowest BCUT2D eigenvalue weighted by atomic mass is 10.2. The molecule has 0 atom stereocenters. The normalized spacial score (nSPS) is 10.4. The van der Waals surface area contributed by atoms with Crippen molar-refractivity contribution in [1.29, 1.82) is 0 Å². The Hall–Kier alpha value is -0.890. The zero-order valence-electron chi connectivity index (χ0n) is 9.66. The van der Waals surface area contributed by atoms with Crippen LogP contribution in [0.25, 0.3) is 10.9 Å². The second kappa shape index (κ2) is 5.40. The third-order valence-corrected chi connectivity index (χ3v) is 3.64. The topological polar surface area (TPSA) is 48.4 Å². The monoisotopic (exact) mass is 421 g/mol. The summed E-state index contributed by atoms with van der Waals surface area (Å²) in [5, 5.41) is 0.851. The molecule has 94 valence electrons. The van der Waals surface area contributed by atoms with Gasteiger partial charge in [0.15, 0.2) is 5.69 Å². The fourth-order valence-electron chi connectivity index (χ4n) is 1.60. The second-order valence-corrected chi connectivity index (χ2v) is 5.59. The molecule has 0 fully saturated rings. The van der Waals surface area contributed by atoms with E-state index in [1.54, 1.807) is 13.2 Å². The molecule has 0 N–H and O–H groups in total. The molecule has 0 aliphatic heterocycles. The van der Waals surface area contributed by atoms with Gasteiger partial charge in [0.2, 0.25) is 0 Å². The van der Waals surface area contributed by atoms with Crippen LogP contribution in [-0.4, -0.2) is 25.2 Å². The van der Waals surface area contributed by atoms with Gasteiger partial charge in [-0.05, 0) is 50.7 Å². The van der Waals surface area contributed by atoms with Crippen molar-refractivity contribution in [1.82, 2.24) is 4.98 Å². The molecule has 4 nitrogen and oxygen atoms in total. The van der Waals surface area contributed by atoms with E-state index in [2.05, 4.69) is 48.2 Å². The molecule has 1 aromatic carbocycles. The summed E-state index contributed by atoms with van der Waals surface area (Å²) in [6.07, 6.45) is 0. The minimum absolute atomic E-state index is 0.226. The number of nitrogens with zero attached hydrogens (tertiary/aromatic N) is 1. The van der Waals surface area contributed by atoms with E-state index < -0.39 is 5.97 Å². The van der Waals surface area contributed by atoms with E-state index >= 15 is 0 Å². The first-order valence-electron chi connectivity index (χ1n) is 4.99. The number of pyridine rings is 1. The highest BCUT2D eigenvalue weighted by Gasteiger charge is 2.15. The first-order chi connectivity index (χ1) is 8.56. The molecule has 2 rings (SSSR count). The quantitative estimate of drug-likeness (QED) is 0.550. The van der Waals surface area contributed by atoms with Gasteiger partial charge < -0.3 is 9.47 Å². The molecule has 1 aromatic heterocycles. The van der Waals surface area contributed by atoms with Crippen LogP contribution in [0.3, 0.4) is 0 Å². The number of esters is 1. The number of halogens is 2. The van der Waals surface area contributed by atoms with Crippen molar-refractivity contribution in [3.63, 3.8) is 0 Å². The molecule has 2 aromatic rings. The van der Waals surface area contributed by atoms with E-state index in [4.69, 9.17) is 4.74 Å². The molecule has 0 saturated heterocycles. The van der Waals surface area contributed by atoms with Crippen LogP contribution < -0.4 is 4.74 Å². The van der Waals surface area contributed by atoms with Crippen LogP contribution in [-0.2, 0) is 4.74 Å². The molecule has 0 saturated carbocycles. The third kappa shape index (κ3) is 2.44. The molecule has 18 heavy (non-hydrogen) atoms. The van der Waals surface area contributed by atoms with Gasteiger partial charge in [0.1, 0.15) is 5.75 Å². The maximum atomic E-state index is 11.5. The van der Waals surface area contributed by atoms with E-state index in [1.165, 1.54) is 7.11 Å². The van der Waals surface area contributed by atoms with Gasteiger partial charge in [-0.3, -0.25) is 0 Å².